The number of hydrogen-bond acceptors (Lipinski definition) is 3. The number of halogens is 1. The van der Waals surface area contributed by atoms with Gasteiger partial charge in [0.25, 0.3) is 0 Å². The fraction of sp³-hybridized carbons (Fsp3) is 0.300. The average molecular weight is 376 g/mol. The molecule has 6 heteroatoms. The second kappa shape index (κ2) is 9.82. The summed E-state index contributed by atoms with van der Waals surface area (Å²) < 4.78 is 5.55. The van der Waals surface area contributed by atoms with Gasteiger partial charge in [0.15, 0.2) is 0 Å². The highest BCUT2D eigenvalue weighted by Gasteiger charge is 2.18. The van der Waals surface area contributed by atoms with Crippen LogP contribution < -0.4 is 10.1 Å². The van der Waals surface area contributed by atoms with Gasteiger partial charge in [-0.05, 0) is 25.0 Å². The lowest BCUT2D eigenvalue weighted by molar-refractivity contribution is -0.137. The zero-order valence-electron chi connectivity index (χ0n) is 14.6. The molecule has 0 bridgehead atoms. The third kappa shape index (κ3) is 5.77. The van der Waals surface area contributed by atoms with E-state index in [4.69, 9.17) is 21.4 Å². The molecular formula is C20H22ClNO4. The summed E-state index contributed by atoms with van der Waals surface area (Å²) in [4.78, 5) is 23.5. The molecule has 1 amide bonds. The van der Waals surface area contributed by atoms with E-state index in [9.17, 15) is 9.59 Å². The highest BCUT2D eigenvalue weighted by atomic mass is 35.5. The first-order chi connectivity index (χ1) is 12.5. The van der Waals surface area contributed by atoms with Crippen molar-refractivity contribution in [1.29, 1.82) is 0 Å². The number of carbonyl (C=O) groups excluding carboxylic acids is 1. The predicted octanol–water partition coefficient (Wildman–Crippen LogP) is 4.00. The van der Waals surface area contributed by atoms with Gasteiger partial charge >= 0.3 is 5.97 Å². The van der Waals surface area contributed by atoms with Gasteiger partial charge in [-0.3, -0.25) is 9.59 Å². The number of amides is 1. The predicted molar refractivity (Wildman–Crippen MR) is 101 cm³/mol. The minimum Gasteiger partial charge on any atom is -0.492 e. The normalized spacial score (nSPS) is 11.6. The van der Waals surface area contributed by atoms with Gasteiger partial charge in [0.1, 0.15) is 5.75 Å². The van der Waals surface area contributed by atoms with Crippen LogP contribution in [0.1, 0.15) is 36.9 Å². The van der Waals surface area contributed by atoms with Crippen molar-refractivity contribution in [2.45, 2.75) is 32.2 Å². The van der Waals surface area contributed by atoms with E-state index in [1.54, 1.807) is 18.2 Å². The molecule has 0 heterocycles. The first kappa shape index (κ1) is 19.8. The Kier molecular flexibility index (Phi) is 7.48. The molecule has 1 atom stereocenters. The van der Waals surface area contributed by atoms with Crippen LogP contribution in [0.15, 0.2) is 48.5 Å². The van der Waals surface area contributed by atoms with E-state index in [0.29, 0.717) is 29.4 Å². The second-order valence-electron chi connectivity index (χ2n) is 5.80. The average Bonchev–Trinajstić information content (AvgIpc) is 2.62. The number of carbonyl (C=O) groups is 2. The number of carboxylic acid groups (broad SMARTS) is 1. The number of para-hydroxylation sites is 1. The van der Waals surface area contributed by atoms with E-state index in [0.717, 1.165) is 5.56 Å². The summed E-state index contributed by atoms with van der Waals surface area (Å²) in [7, 11) is 0. The van der Waals surface area contributed by atoms with Crippen molar-refractivity contribution in [2.75, 3.05) is 6.61 Å². The lowest BCUT2D eigenvalue weighted by Crippen LogP contribution is -2.30. The van der Waals surface area contributed by atoms with E-state index in [-0.39, 0.29) is 24.8 Å². The molecule has 2 N–H and O–H groups in total. The summed E-state index contributed by atoms with van der Waals surface area (Å²) in [6.07, 6.45) is 0.395. The quantitative estimate of drug-likeness (QED) is 0.694. The lowest BCUT2D eigenvalue weighted by atomic mass is 10.0. The zero-order valence-corrected chi connectivity index (χ0v) is 15.3. The number of hydrogen-bond donors (Lipinski definition) is 2. The van der Waals surface area contributed by atoms with Gasteiger partial charge in [-0.1, -0.05) is 54.1 Å². The fourth-order valence-corrected chi connectivity index (χ4v) is 2.94. The summed E-state index contributed by atoms with van der Waals surface area (Å²) in [5, 5.41) is 12.3. The topological polar surface area (TPSA) is 75.6 Å². The van der Waals surface area contributed by atoms with Crippen molar-refractivity contribution in [2.24, 2.45) is 0 Å². The van der Waals surface area contributed by atoms with E-state index >= 15 is 0 Å². The van der Waals surface area contributed by atoms with Crippen LogP contribution in [0.5, 0.6) is 5.75 Å². The third-order valence-corrected chi connectivity index (χ3v) is 4.17. The van der Waals surface area contributed by atoms with Gasteiger partial charge in [-0.2, -0.15) is 0 Å². The van der Waals surface area contributed by atoms with Crippen LogP contribution in [0.3, 0.4) is 0 Å². The van der Waals surface area contributed by atoms with Crippen LogP contribution in [0, 0.1) is 0 Å². The Bertz CT molecular complexity index is 749. The van der Waals surface area contributed by atoms with Crippen molar-refractivity contribution >= 4 is 23.5 Å². The molecule has 138 valence electrons. The van der Waals surface area contributed by atoms with Gasteiger partial charge in [-0.15, -0.1) is 0 Å². The Morgan fingerprint density at radius 3 is 2.54 bits per heavy atom. The maximum atomic E-state index is 12.6. The lowest BCUT2D eigenvalue weighted by Gasteiger charge is -2.19. The summed E-state index contributed by atoms with van der Waals surface area (Å²) >= 11 is 6.16. The van der Waals surface area contributed by atoms with Gasteiger partial charge in [0.2, 0.25) is 5.91 Å². The molecule has 2 aromatic rings. The Morgan fingerprint density at radius 1 is 1.15 bits per heavy atom. The van der Waals surface area contributed by atoms with Crippen molar-refractivity contribution in [3.63, 3.8) is 0 Å². The largest absolute Gasteiger partial charge is 0.492 e. The second-order valence-corrected chi connectivity index (χ2v) is 6.21. The van der Waals surface area contributed by atoms with Crippen molar-refractivity contribution in [1.82, 2.24) is 5.32 Å². The molecule has 0 aliphatic carbocycles. The molecule has 0 spiro atoms. The molecule has 2 aromatic carbocycles. The van der Waals surface area contributed by atoms with Crippen LogP contribution in [0.2, 0.25) is 5.02 Å². The van der Waals surface area contributed by atoms with Crippen LogP contribution in [-0.4, -0.2) is 23.6 Å². The van der Waals surface area contributed by atoms with Crippen LogP contribution in [0.4, 0.5) is 0 Å². The van der Waals surface area contributed by atoms with E-state index in [1.807, 2.05) is 37.3 Å². The molecule has 1 unspecified atom stereocenters. The number of rotatable bonds is 9. The first-order valence-electron chi connectivity index (χ1n) is 8.47. The molecule has 5 nitrogen and oxygen atoms in total. The van der Waals surface area contributed by atoms with Crippen LogP contribution in [-0.2, 0) is 16.0 Å². The van der Waals surface area contributed by atoms with Crippen molar-refractivity contribution in [3.05, 3.63) is 64.7 Å². The van der Waals surface area contributed by atoms with Gasteiger partial charge < -0.3 is 15.2 Å². The monoisotopic (exact) mass is 375 g/mol. The minimum absolute atomic E-state index is 0.0266. The number of ether oxygens (including phenoxy) is 1. The summed E-state index contributed by atoms with van der Waals surface area (Å²) in [5.41, 5.74) is 1.57. The van der Waals surface area contributed by atoms with Gasteiger partial charge in [0.05, 0.1) is 24.1 Å². The Hall–Kier alpha value is -2.53. The van der Waals surface area contributed by atoms with Crippen LogP contribution >= 0.6 is 11.6 Å². The molecule has 0 fully saturated rings. The van der Waals surface area contributed by atoms with Crippen molar-refractivity contribution < 1.29 is 19.4 Å². The summed E-state index contributed by atoms with van der Waals surface area (Å²) in [5.74, 6) is -0.602. The molecule has 0 saturated heterocycles. The molecule has 0 radical (unpaired) electrons. The molecule has 0 saturated carbocycles. The van der Waals surface area contributed by atoms with Crippen LogP contribution in [0.25, 0.3) is 0 Å². The fourth-order valence-electron chi connectivity index (χ4n) is 2.69. The molecule has 0 aliphatic heterocycles. The third-order valence-electron chi connectivity index (χ3n) is 3.87. The standard InChI is InChI=1S/C20H22ClNO4/c1-2-26-20-15(9-6-10-16(20)21)13-18(23)22-17(11-12-19(24)25)14-7-4-3-5-8-14/h3-10,17H,2,11-13H2,1H3,(H,22,23)(H,24,25). The van der Waals surface area contributed by atoms with E-state index < -0.39 is 5.97 Å². The Labute approximate surface area is 157 Å². The van der Waals surface area contributed by atoms with E-state index in [2.05, 4.69) is 5.32 Å². The number of nitrogens with one attached hydrogen (secondary N) is 1. The minimum atomic E-state index is -0.895. The maximum Gasteiger partial charge on any atom is 0.303 e. The number of carboxylic acids is 1. The Morgan fingerprint density at radius 2 is 1.88 bits per heavy atom. The molecule has 26 heavy (non-hydrogen) atoms. The first-order valence-corrected chi connectivity index (χ1v) is 8.85. The van der Waals surface area contributed by atoms with Gasteiger partial charge in [-0.25, -0.2) is 0 Å². The summed E-state index contributed by atoms with van der Waals surface area (Å²) in [6.45, 7) is 2.30. The molecule has 2 rings (SSSR count). The molecular weight excluding hydrogens is 354 g/mol. The smallest absolute Gasteiger partial charge is 0.303 e. The summed E-state index contributed by atoms with van der Waals surface area (Å²) in [6, 6.07) is 14.3. The van der Waals surface area contributed by atoms with Crippen molar-refractivity contribution in [3.8, 4) is 5.75 Å². The zero-order chi connectivity index (χ0) is 18.9. The molecule has 0 aliphatic rings. The number of aliphatic carboxylic acids is 1. The van der Waals surface area contributed by atoms with E-state index in [1.165, 1.54) is 0 Å². The Balaban J connectivity index is 2.12. The highest BCUT2D eigenvalue weighted by molar-refractivity contribution is 6.32. The molecule has 0 aromatic heterocycles. The highest BCUT2D eigenvalue weighted by Crippen LogP contribution is 2.29. The maximum absolute atomic E-state index is 12.6. The SMILES string of the molecule is CCOc1c(Cl)cccc1CC(=O)NC(CCC(=O)O)c1ccccc1. The number of benzene rings is 2. The van der Waals surface area contributed by atoms with Gasteiger partial charge in [0, 0.05) is 12.0 Å².